The number of hydrogen-bond acceptors (Lipinski definition) is 4. The number of aryl methyl sites for hydroxylation is 2. The summed E-state index contributed by atoms with van der Waals surface area (Å²) in [5, 5.41) is 0. The molecule has 2 aliphatic rings. The highest BCUT2D eigenvalue weighted by Gasteiger charge is 2.35. The van der Waals surface area contributed by atoms with Crippen molar-refractivity contribution in [1.29, 1.82) is 0 Å². The van der Waals surface area contributed by atoms with Crippen LogP contribution in [0.15, 0.2) is 48.5 Å². The summed E-state index contributed by atoms with van der Waals surface area (Å²) in [6.07, 6.45) is 0.728. The fourth-order valence-corrected chi connectivity index (χ4v) is 4.25. The Labute approximate surface area is 171 Å². The zero-order chi connectivity index (χ0) is 20.4. The average Bonchev–Trinajstić information content (AvgIpc) is 3.23. The molecule has 2 aromatic carbocycles. The summed E-state index contributed by atoms with van der Waals surface area (Å²) in [4.78, 5) is 29.3. The molecule has 6 nitrogen and oxygen atoms in total. The third-order valence-electron chi connectivity index (χ3n) is 5.90. The van der Waals surface area contributed by atoms with Crippen LogP contribution in [0, 0.1) is 13.8 Å². The molecule has 2 aromatic rings. The molecule has 0 radical (unpaired) electrons. The Hall–Kier alpha value is -2.70. The molecule has 2 heterocycles. The number of nitrogens with one attached hydrogen (secondary N) is 2. The van der Waals surface area contributed by atoms with Crippen LogP contribution in [0.4, 0.5) is 0 Å². The van der Waals surface area contributed by atoms with Crippen molar-refractivity contribution in [1.82, 2.24) is 20.7 Å². The van der Waals surface area contributed by atoms with Crippen LogP contribution >= 0.6 is 0 Å². The zero-order valence-corrected chi connectivity index (χ0v) is 17.0. The van der Waals surface area contributed by atoms with Crippen LogP contribution < -0.4 is 10.9 Å². The number of rotatable bonds is 3. The van der Waals surface area contributed by atoms with Crippen LogP contribution in [-0.4, -0.2) is 53.8 Å². The second kappa shape index (κ2) is 8.35. The van der Waals surface area contributed by atoms with E-state index < -0.39 is 0 Å². The maximum Gasteiger partial charge on any atom is 0.253 e. The number of hydrogen-bond donors (Lipinski definition) is 2. The Kier molecular flexibility index (Phi) is 5.65. The van der Waals surface area contributed by atoms with Gasteiger partial charge in [-0.1, -0.05) is 42.0 Å². The number of carbonyl (C=O) groups is 2. The molecule has 2 amide bonds. The molecule has 0 bridgehead atoms. The van der Waals surface area contributed by atoms with Gasteiger partial charge in [0, 0.05) is 37.8 Å². The maximum absolute atomic E-state index is 13.0. The number of nitrogens with zero attached hydrogens (tertiary/aromatic N) is 2. The van der Waals surface area contributed by atoms with Gasteiger partial charge in [0.15, 0.2) is 0 Å². The van der Waals surface area contributed by atoms with E-state index in [1.54, 1.807) is 0 Å². The van der Waals surface area contributed by atoms with E-state index in [2.05, 4.69) is 42.9 Å². The number of benzene rings is 2. The summed E-state index contributed by atoms with van der Waals surface area (Å²) in [6, 6.07) is 15.6. The molecule has 152 valence electrons. The van der Waals surface area contributed by atoms with E-state index in [0.717, 1.165) is 6.42 Å². The molecule has 2 saturated heterocycles. The molecule has 2 fully saturated rings. The van der Waals surface area contributed by atoms with Gasteiger partial charge in [-0.15, -0.1) is 0 Å². The number of carbonyl (C=O) groups excluding carboxylic acids is 2. The van der Waals surface area contributed by atoms with Gasteiger partial charge >= 0.3 is 0 Å². The molecule has 0 saturated carbocycles. The average molecular weight is 393 g/mol. The highest BCUT2D eigenvalue weighted by Crippen LogP contribution is 2.26. The third-order valence-corrected chi connectivity index (χ3v) is 5.90. The van der Waals surface area contributed by atoms with Crippen LogP contribution in [0.5, 0.6) is 0 Å². The largest absolute Gasteiger partial charge is 0.338 e. The first-order chi connectivity index (χ1) is 14.0. The molecule has 4 rings (SSSR count). The first-order valence-corrected chi connectivity index (χ1v) is 10.2. The molecule has 0 aromatic heterocycles. The monoisotopic (exact) mass is 392 g/mol. The van der Waals surface area contributed by atoms with Crippen molar-refractivity contribution in [2.75, 3.05) is 26.2 Å². The van der Waals surface area contributed by atoms with Crippen LogP contribution in [0.25, 0.3) is 0 Å². The highest BCUT2D eigenvalue weighted by atomic mass is 16.2. The van der Waals surface area contributed by atoms with Crippen LogP contribution in [0.2, 0.25) is 0 Å². The summed E-state index contributed by atoms with van der Waals surface area (Å²) in [6.45, 7) is 6.49. The van der Waals surface area contributed by atoms with Gasteiger partial charge in [0.25, 0.3) is 5.91 Å². The Bertz CT molecular complexity index is 891. The summed E-state index contributed by atoms with van der Waals surface area (Å²) in [5.74, 6) is 0.143. The van der Waals surface area contributed by atoms with E-state index in [9.17, 15) is 9.59 Å². The standard InChI is InChI=1S/C23H28N4O2/c1-16-8-9-19(17(2)14-16)20-15-21(25-24-20)23(29)27-12-10-26(11-13-27)22(28)18-6-4-3-5-7-18/h3-9,14,20-21,24-25H,10-13,15H2,1-2H3. The summed E-state index contributed by atoms with van der Waals surface area (Å²) in [5.41, 5.74) is 10.9. The van der Waals surface area contributed by atoms with Gasteiger partial charge in [0.2, 0.25) is 5.91 Å². The molecule has 2 unspecified atom stereocenters. The minimum atomic E-state index is -0.239. The van der Waals surface area contributed by atoms with Crippen molar-refractivity contribution in [2.24, 2.45) is 0 Å². The lowest BCUT2D eigenvalue weighted by Gasteiger charge is -2.36. The van der Waals surface area contributed by atoms with Crippen molar-refractivity contribution in [3.63, 3.8) is 0 Å². The Balaban J connectivity index is 1.33. The second-order valence-electron chi connectivity index (χ2n) is 7.97. The van der Waals surface area contributed by atoms with Crippen molar-refractivity contribution >= 4 is 11.8 Å². The summed E-state index contributed by atoms with van der Waals surface area (Å²) < 4.78 is 0. The first-order valence-electron chi connectivity index (χ1n) is 10.2. The maximum atomic E-state index is 13.0. The molecular formula is C23H28N4O2. The van der Waals surface area contributed by atoms with Crippen LogP contribution in [0.1, 0.15) is 39.5 Å². The van der Waals surface area contributed by atoms with E-state index in [4.69, 9.17) is 0 Å². The van der Waals surface area contributed by atoms with Crippen molar-refractivity contribution < 1.29 is 9.59 Å². The number of hydrazine groups is 1. The molecule has 2 N–H and O–H groups in total. The molecule has 29 heavy (non-hydrogen) atoms. The Morgan fingerprint density at radius 1 is 0.897 bits per heavy atom. The fourth-order valence-electron chi connectivity index (χ4n) is 4.25. The molecule has 0 spiro atoms. The molecule has 2 atom stereocenters. The minimum absolute atomic E-state index is 0.0354. The highest BCUT2D eigenvalue weighted by molar-refractivity contribution is 5.94. The first kappa shape index (κ1) is 19.6. The van der Waals surface area contributed by atoms with Gasteiger partial charge in [-0.25, -0.2) is 10.9 Å². The van der Waals surface area contributed by atoms with E-state index in [0.29, 0.717) is 31.7 Å². The number of piperazine rings is 1. The van der Waals surface area contributed by atoms with E-state index in [-0.39, 0.29) is 23.9 Å². The quantitative estimate of drug-likeness (QED) is 0.841. The zero-order valence-electron chi connectivity index (χ0n) is 17.0. The van der Waals surface area contributed by atoms with E-state index in [1.165, 1.54) is 16.7 Å². The molecule has 6 heteroatoms. The van der Waals surface area contributed by atoms with E-state index >= 15 is 0 Å². The lowest BCUT2D eigenvalue weighted by Crippen LogP contribution is -2.54. The molecular weight excluding hydrogens is 364 g/mol. The van der Waals surface area contributed by atoms with E-state index in [1.807, 2.05) is 40.1 Å². The Morgan fingerprint density at radius 3 is 2.28 bits per heavy atom. The van der Waals surface area contributed by atoms with Crippen molar-refractivity contribution in [3.8, 4) is 0 Å². The smallest absolute Gasteiger partial charge is 0.253 e. The van der Waals surface area contributed by atoms with Gasteiger partial charge in [0.05, 0.1) is 0 Å². The minimum Gasteiger partial charge on any atom is -0.338 e. The van der Waals surface area contributed by atoms with Crippen molar-refractivity contribution in [2.45, 2.75) is 32.4 Å². The summed E-state index contributed by atoms with van der Waals surface area (Å²) >= 11 is 0. The summed E-state index contributed by atoms with van der Waals surface area (Å²) in [7, 11) is 0. The third kappa shape index (κ3) is 4.18. The second-order valence-corrected chi connectivity index (χ2v) is 7.97. The van der Waals surface area contributed by atoms with Crippen molar-refractivity contribution in [3.05, 3.63) is 70.8 Å². The lowest BCUT2D eigenvalue weighted by molar-refractivity contribution is -0.134. The normalized spacial score (nSPS) is 22.0. The topological polar surface area (TPSA) is 64.7 Å². The van der Waals surface area contributed by atoms with Gasteiger partial charge in [-0.05, 0) is 43.5 Å². The van der Waals surface area contributed by atoms with Gasteiger partial charge < -0.3 is 9.80 Å². The molecule has 2 aliphatic heterocycles. The van der Waals surface area contributed by atoms with Gasteiger partial charge in [-0.3, -0.25) is 9.59 Å². The van der Waals surface area contributed by atoms with Crippen LogP contribution in [0.3, 0.4) is 0 Å². The fraction of sp³-hybridized carbons (Fsp3) is 0.391. The SMILES string of the molecule is Cc1ccc(C2CC(C(=O)N3CCN(C(=O)c4ccccc4)CC3)NN2)c(C)c1. The predicted molar refractivity (Wildman–Crippen MR) is 112 cm³/mol. The predicted octanol–water partition coefficient (Wildman–Crippen LogP) is 2.20. The lowest BCUT2D eigenvalue weighted by atomic mass is 9.96. The van der Waals surface area contributed by atoms with Gasteiger partial charge in [0.1, 0.15) is 6.04 Å². The van der Waals surface area contributed by atoms with Gasteiger partial charge in [-0.2, -0.15) is 0 Å². The molecule has 0 aliphatic carbocycles. The Morgan fingerprint density at radius 2 is 1.59 bits per heavy atom. The van der Waals surface area contributed by atoms with Crippen LogP contribution in [-0.2, 0) is 4.79 Å². The number of amides is 2.